The highest BCUT2D eigenvalue weighted by molar-refractivity contribution is 5.82. The van der Waals surface area contributed by atoms with Gasteiger partial charge in [0.2, 0.25) is 0 Å². The summed E-state index contributed by atoms with van der Waals surface area (Å²) in [7, 11) is 3.16. The molecule has 4 heteroatoms. The van der Waals surface area contributed by atoms with Crippen LogP contribution in [-0.2, 0) is 19.8 Å². The summed E-state index contributed by atoms with van der Waals surface area (Å²) in [6, 6.07) is 9.56. The number of unbranched alkanes of at least 4 members (excludes halogenated alkanes) is 3. The molecule has 0 aliphatic carbocycles. The fraction of sp³-hybridized carbons (Fsp3) is 0.588. The molecule has 0 amide bonds. The van der Waals surface area contributed by atoms with E-state index in [0.717, 1.165) is 18.4 Å². The summed E-state index contributed by atoms with van der Waals surface area (Å²) in [6.45, 7) is 3.11. The lowest BCUT2D eigenvalue weighted by molar-refractivity contribution is -0.152. The smallest absolute Gasteiger partial charge is 0.333 e. The highest BCUT2D eigenvalue weighted by Crippen LogP contribution is 2.23. The zero-order valence-electron chi connectivity index (χ0n) is 13.4. The summed E-state index contributed by atoms with van der Waals surface area (Å²) >= 11 is 0. The quantitative estimate of drug-likeness (QED) is 0.532. The van der Waals surface area contributed by atoms with Gasteiger partial charge >= 0.3 is 5.97 Å². The lowest BCUT2D eigenvalue weighted by atomic mass is 9.91. The maximum atomic E-state index is 12.3. The van der Waals surface area contributed by atoms with Crippen LogP contribution >= 0.6 is 0 Å². The Labute approximate surface area is 127 Å². The first-order valence-electron chi connectivity index (χ1n) is 7.62. The van der Waals surface area contributed by atoms with E-state index < -0.39 is 5.54 Å². The number of nitrogens with one attached hydrogen (secondary N) is 1. The molecule has 0 heterocycles. The van der Waals surface area contributed by atoms with Crippen LogP contribution in [0.25, 0.3) is 0 Å². The number of esters is 1. The number of carbonyl (C=O) groups is 1. The maximum Gasteiger partial charge on any atom is 0.333 e. The van der Waals surface area contributed by atoms with Crippen LogP contribution in [0.4, 0.5) is 0 Å². The minimum absolute atomic E-state index is 0.270. The molecule has 118 valence electrons. The number of hydrogen-bond donors (Lipinski definition) is 1. The molecule has 0 spiro atoms. The van der Waals surface area contributed by atoms with Crippen LogP contribution in [0.3, 0.4) is 0 Å². The summed E-state index contributed by atoms with van der Waals surface area (Å²) in [6.07, 6.45) is 4.60. The van der Waals surface area contributed by atoms with Crippen LogP contribution < -0.4 is 5.32 Å². The number of methoxy groups -OCH3 is 1. The molecule has 1 aromatic carbocycles. The number of benzene rings is 1. The van der Waals surface area contributed by atoms with E-state index in [2.05, 4.69) is 12.2 Å². The van der Waals surface area contributed by atoms with Crippen molar-refractivity contribution in [3.8, 4) is 0 Å². The van der Waals surface area contributed by atoms with E-state index in [1.807, 2.05) is 30.3 Å². The summed E-state index contributed by atoms with van der Waals surface area (Å²) in [5.74, 6) is -0.329. The molecule has 1 unspecified atom stereocenters. The average molecular weight is 293 g/mol. The second-order valence-corrected chi connectivity index (χ2v) is 5.13. The lowest BCUT2D eigenvalue weighted by Crippen LogP contribution is -2.51. The number of ether oxygens (including phenoxy) is 2. The van der Waals surface area contributed by atoms with Gasteiger partial charge in [-0.15, -0.1) is 0 Å². The van der Waals surface area contributed by atoms with E-state index in [1.54, 1.807) is 7.05 Å². The molecule has 1 rings (SSSR count). The molecule has 4 nitrogen and oxygen atoms in total. The van der Waals surface area contributed by atoms with Crippen LogP contribution in [0.5, 0.6) is 0 Å². The van der Waals surface area contributed by atoms with E-state index in [4.69, 9.17) is 9.47 Å². The van der Waals surface area contributed by atoms with Crippen molar-refractivity contribution in [2.24, 2.45) is 0 Å². The van der Waals surface area contributed by atoms with Crippen molar-refractivity contribution < 1.29 is 14.3 Å². The zero-order chi connectivity index (χ0) is 15.6. The van der Waals surface area contributed by atoms with Crippen LogP contribution in [0.2, 0.25) is 0 Å². The second kappa shape index (κ2) is 9.53. The standard InChI is InChI=1S/C17H27NO3/c1-4-5-6-10-13-21-14-17(18-2,16(19)20-3)15-11-8-7-9-12-15/h7-9,11-12,18H,4-6,10,13-14H2,1-3H3. The molecule has 1 atom stereocenters. The first-order valence-corrected chi connectivity index (χ1v) is 7.62. The molecule has 0 bridgehead atoms. The Hall–Kier alpha value is -1.39. The summed E-state index contributed by atoms with van der Waals surface area (Å²) in [5.41, 5.74) is -0.0891. The van der Waals surface area contributed by atoms with Crippen molar-refractivity contribution in [2.75, 3.05) is 27.4 Å². The Morgan fingerprint density at radius 3 is 2.48 bits per heavy atom. The van der Waals surface area contributed by atoms with Gasteiger partial charge in [0.25, 0.3) is 0 Å². The maximum absolute atomic E-state index is 12.3. The fourth-order valence-corrected chi connectivity index (χ4v) is 2.33. The van der Waals surface area contributed by atoms with Crippen molar-refractivity contribution in [1.82, 2.24) is 5.32 Å². The Kier molecular flexibility index (Phi) is 8.01. The number of likely N-dealkylation sites (N-methyl/N-ethyl adjacent to an activating group) is 1. The molecule has 0 radical (unpaired) electrons. The molecule has 1 N–H and O–H groups in total. The molecule has 1 aromatic rings. The summed E-state index contributed by atoms with van der Waals surface area (Å²) in [4.78, 5) is 12.3. The Morgan fingerprint density at radius 1 is 1.19 bits per heavy atom. The zero-order valence-corrected chi connectivity index (χ0v) is 13.4. The number of rotatable bonds is 10. The fourth-order valence-electron chi connectivity index (χ4n) is 2.33. The van der Waals surface area contributed by atoms with Crippen LogP contribution in [0.15, 0.2) is 30.3 Å². The van der Waals surface area contributed by atoms with E-state index in [1.165, 1.54) is 20.0 Å². The molecule has 0 saturated heterocycles. The number of carbonyl (C=O) groups excluding carboxylic acids is 1. The molecule has 0 fully saturated rings. The monoisotopic (exact) mass is 293 g/mol. The van der Waals surface area contributed by atoms with Crippen LogP contribution in [0, 0.1) is 0 Å². The third kappa shape index (κ3) is 4.83. The molecule has 0 saturated carbocycles. The highest BCUT2D eigenvalue weighted by atomic mass is 16.5. The van der Waals surface area contributed by atoms with E-state index in [9.17, 15) is 4.79 Å². The predicted molar refractivity (Wildman–Crippen MR) is 84.2 cm³/mol. The molecular formula is C17H27NO3. The minimum Gasteiger partial charge on any atom is -0.467 e. The average Bonchev–Trinajstić information content (AvgIpc) is 2.55. The first-order chi connectivity index (χ1) is 10.2. The van der Waals surface area contributed by atoms with E-state index in [-0.39, 0.29) is 12.6 Å². The van der Waals surface area contributed by atoms with Crippen LogP contribution in [0.1, 0.15) is 38.2 Å². The van der Waals surface area contributed by atoms with Crippen LogP contribution in [-0.4, -0.2) is 33.3 Å². The van der Waals surface area contributed by atoms with Gasteiger partial charge in [-0.05, 0) is 19.0 Å². The largest absolute Gasteiger partial charge is 0.467 e. The third-order valence-electron chi connectivity index (χ3n) is 3.69. The van der Waals surface area contributed by atoms with Gasteiger partial charge in [0, 0.05) is 6.61 Å². The normalized spacial score (nSPS) is 13.7. The molecule has 21 heavy (non-hydrogen) atoms. The molecular weight excluding hydrogens is 266 g/mol. The minimum atomic E-state index is -0.944. The van der Waals surface area contributed by atoms with Crippen molar-refractivity contribution in [1.29, 1.82) is 0 Å². The van der Waals surface area contributed by atoms with E-state index in [0.29, 0.717) is 6.61 Å². The molecule has 0 aliphatic heterocycles. The summed E-state index contributed by atoms with van der Waals surface area (Å²) in [5, 5.41) is 3.09. The highest BCUT2D eigenvalue weighted by Gasteiger charge is 2.40. The first kappa shape index (κ1) is 17.7. The lowest BCUT2D eigenvalue weighted by Gasteiger charge is -2.30. The van der Waals surface area contributed by atoms with Crippen molar-refractivity contribution in [2.45, 2.75) is 38.1 Å². The molecule has 0 aliphatic rings. The Morgan fingerprint density at radius 2 is 1.90 bits per heavy atom. The third-order valence-corrected chi connectivity index (χ3v) is 3.69. The van der Waals surface area contributed by atoms with Crippen molar-refractivity contribution >= 4 is 5.97 Å². The second-order valence-electron chi connectivity index (χ2n) is 5.13. The van der Waals surface area contributed by atoms with Gasteiger partial charge in [-0.2, -0.15) is 0 Å². The van der Waals surface area contributed by atoms with Crippen molar-refractivity contribution in [3.63, 3.8) is 0 Å². The van der Waals surface area contributed by atoms with Gasteiger partial charge < -0.3 is 9.47 Å². The molecule has 0 aromatic heterocycles. The van der Waals surface area contributed by atoms with E-state index >= 15 is 0 Å². The van der Waals surface area contributed by atoms with Crippen molar-refractivity contribution in [3.05, 3.63) is 35.9 Å². The number of hydrogen-bond acceptors (Lipinski definition) is 4. The van der Waals surface area contributed by atoms with Gasteiger partial charge in [0.1, 0.15) is 0 Å². The summed E-state index contributed by atoms with van der Waals surface area (Å²) < 4.78 is 10.7. The van der Waals surface area contributed by atoms with Gasteiger partial charge in [-0.25, -0.2) is 4.79 Å². The van der Waals surface area contributed by atoms with Gasteiger partial charge in [-0.3, -0.25) is 5.32 Å². The SMILES string of the molecule is CCCCCCOCC(NC)(C(=O)OC)c1ccccc1. The predicted octanol–water partition coefficient (Wildman–Crippen LogP) is 2.87. The topological polar surface area (TPSA) is 47.6 Å². The van der Waals surface area contributed by atoms with Gasteiger partial charge in [-0.1, -0.05) is 56.5 Å². The van der Waals surface area contributed by atoms with Gasteiger partial charge in [0.15, 0.2) is 5.54 Å². The Bertz CT molecular complexity index is 408. The van der Waals surface area contributed by atoms with Gasteiger partial charge in [0.05, 0.1) is 13.7 Å². The Balaban J connectivity index is 2.71.